The van der Waals surface area contributed by atoms with Crippen LogP contribution in [-0.4, -0.2) is 53.2 Å². The van der Waals surface area contributed by atoms with Gasteiger partial charge in [0.1, 0.15) is 6.10 Å². The third-order valence-corrected chi connectivity index (χ3v) is 5.22. The van der Waals surface area contributed by atoms with Crippen LogP contribution < -0.4 is 5.73 Å². The Labute approximate surface area is 133 Å². The van der Waals surface area contributed by atoms with Gasteiger partial charge in [-0.2, -0.15) is 11.8 Å². The van der Waals surface area contributed by atoms with Crippen molar-refractivity contribution in [3.8, 4) is 0 Å². The van der Waals surface area contributed by atoms with Gasteiger partial charge in [0.25, 0.3) is 5.91 Å². The molecule has 21 heavy (non-hydrogen) atoms. The van der Waals surface area contributed by atoms with Gasteiger partial charge in [-0.05, 0) is 24.7 Å². The van der Waals surface area contributed by atoms with E-state index < -0.39 is 6.10 Å². The molecule has 1 rings (SSSR count). The van der Waals surface area contributed by atoms with E-state index in [1.165, 1.54) is 19.3 Å². The van der Waals surface area contributed by atoms with Crippen molar-refractivity contribution in [2.24, 2.45) is 17.6 Å². The molecule has 0 aromatic rings. The predicted octanol–water partition coefficient (Wildman–Crippen LogP) is 2.10. The number of aliphatic hydroxyl groups is 1. The highest BCUT2D eigenvalue weighted by Crippen LogP contribution is 2.24. The number of rotatable bonds is 9. The molecule has 1 heterocycles. The fourth-order valence-electron chi connectivity index (χ4n) is 2.82. The molecule has 0 aliphatic carbocycles. The molecule has 4 nitrogen and oxygen atoms in total. The van der Waals surface area contributed by atoms with Crippen molar-refractivity contribution in [3.63, 3.8) is 0 Å². The van der Waals surface area contributed by atoms with E-state index in [1.54, 1.807) is 11.8 Å². The molecule has 1 saturated heterocycles. The number of carbonyl (C=O) groups excluding carboxylic acids is 1. The molecule has 3 N–H and O–H groups in total. The summed E-state index contributed by atoms with van der Waals surface area (Å²) >= 11 is 1.55. The summed E-state index contributed by atoms with van der Waals surface area (Å²) in [4.78, 5) is 14.0. The number of piperidine rings is 1. The SMILES string of the molecule is CC(C)CCCC1CCN(C(=O)C(O)CSCCN)CC1. The van der Waals surface area contributed by atoms with Gasteiger partial charge in [-0.25, -0.2) is 0 Å². The van der Waals surface area contributed by atoms with Gasteiger partial charge in [-0.1, -0.05) is 33.1 Å². The minimum Gasteiger partial charge on any atom is -0.382 e. The molecule has 0 bridgehead atoms. The smallest absolute Gasteiger partial charge is 0.252 e. The lowest BCUT2D eigenvalue weighted by molar-refractivity contribution is -0.140. The van der Waals surface area contributed by atoms with Gasteiger partial charge in [-0.3, -0.25) is 4.79 Å². The number of hydrogen-bond acceptors (Lipinski definition) is 4. The van der Waals surface area contributed by atoms with Crippen molar-refractivity contribution < 1.29 is 9.90 Å². The monoisotopic (exact) mass is 316 g/mol. The molecule has 1 atom stereocenters. The summed E-state index contributed by atoms with van der Waals surface area (Å²) in [5.41, 5.74) is 5.41. The molecular formula is C16H32N2O2S. The van der Waals surface area contributed by atoms with E-state index in [-0.39, 0.29) is 5.91 Å². The highest BCUT2D eigenvalue weighted by molar-refractivity contribution is 7.99. The Balaban J connectivity index is 2.20. The van der Waals surface area contributed by atoms with E-state index in [1.807, 2.05) is 4.90 Å². The van der Waals surface area contributed by atoms with Crippen LogP contribution in [-0.2, 0) is 4.79 Å². The van der Waals surface area contributed by atoms with Crippen molar-refractivity contribution in [2.75, 3.05) is 31.1 Å². The Hall–Kier alpha value is -0.260. The van der Waals surface area contributed by atoms with Gasteiger partial charge < -0.3 is 15.7 Å². The summed E-state index contributed by atoms with van der Waals surface area (Å²) in [6.07, 6.45) is 5.21. The summed E-state index contributed by atoms with van der Waals surface area (Å²) in [5, 5.41) is 9.91. The van der Waals surface area contributed by atoms with E-state index in [0.29, 0.717) is 12.3 Å². The van der Waals surface area contributed by atoms with Crippen molar-refractivity contribution in [3.05, 3.63) is 0 Å². The van der Waals surface area contributed by atoms with E-state index in [2.05, 4.69) is 13.8 Å². The maximum atomic E-state index is 12.1. The van der Waals surface area contributed by atoms with Gasteiger partial charge in [0.05, 0.1) is 0 Å². The lowest BCUT2D eigenvalue weighted by Gasteiger charge is -2.33. The first-order valence-electron chi connectivity index (χ1n) is 8.29. The van der Waals surface area contributed by atoms with Crippen molar-refractivity contribution in [1.82, 2.24) is 4.90 Å². The van der Waals surface area contributed by atoms with Crippen LogP contribution in [0.1, 0.15) is 46.0 Å². The lowest BCUT2D eigenvalue weighted by atomic mass is 9.90. The van der Waals surface area contributed by atoms with Crippen molar-refractivity contribution in [1.29, 1.82) is 0 Å². The van der Waals surface area contributed by atoms with Crippen LogP contribution in [0.3, 0.4) is 0 Å². The van der Waals surface area contributed by atoms with E-state index in [4.69, 9.17) is 5.73 Å². The molecule has 124 valence electrons. The van der Waals surface area contributed by atoms with Gasteiger partial charge >= 0.3 is 0 Å². The number of amides is 1. The van der Waals surface area contributed by atoms with Gasteiger partial charge in [0, 0.05) is 31.1 Å². The molecule has 0 saturated carbocycles. The largest absolute Gasteiger partial charge is 0.382 e. The van der Waals surface area contributed by atoms with E-state index in [9.17, 15) is 9.90 Å². The summed E-state index contributed by atoms with van der Waals surface area (Å²) in [7, 11) is 0. The maximum Gasteiger partial charge on any atom is 0.252 e. The van der Waals surface area contributed by atoms with Crippen LogP contribution >= 0.6 is 11.8 Å². The summed E-state index contributed by atoms with van der Waals surface area (Å²) in [6.45, 7) is 6.75. The molecule has 5 heteroatoms. The molecule has 1 aliphatic rings. The number of aliphatic hydroxyl groups excluding tert-OH is 1. The Morgan fingerprint density at radius 2 is 2.05 bits per heavy atom. The van der Waals surface area contributed by atoms with Crippen LogP contribution in [0.25, 0.3) is 0 Å². The molecule has 0 radical (unpaired) electrons. The zero-order chi connectivity index (χ0) is 15.7. The Morgan fingerprint density at radius 3 is 2.62 bits per heavy atom. The van der Waals surface area contributed by atoms with E-state index in [0.717, 1.165) is 43.5 Å². The minimum absolute atomic E-state index is 0.0971. The summed E-state index contributed by atoms with van der Waals surface area (Å²) in [6, 6.07) is 0. The zero-order valence-electron chi connectivity index (χ0n) is 13.6. The molecule has 1 aliphatic heterocycles. The first-order valence-corrected chi connectivity index (χ1v) is 9.44. The van der Waals surface area contributed by atoms with Crippen molar-refractivity contribution >= 4 is 17.7 Å². The molecular weight excluding hydrogens is 284 g/mol. The molecule has 1 amide bonds. The van der Waals surface area contributed by atoms with Crippen LogP contribution in [0.15, 0.2) is 0 Å². The Bertz CT molecular complexity index is 292. The Kier molecular flexibility index (Phi) is 9.36. The predicted molar refractivity (Wildman–Crippen MR) is 90.4 cm³/mol. The summed E-state index contributed by atoms with van der Waals surface area (Å²) in [5.74, 6) is 2.71. The van der Waals surface area contributed by atoms with Gasteiger partial charge in [-0.15, -0.1) is 0 Å². The molecule has 1 fully saturated rings. The maximum absolute atomic E-state index is 12.1. The topological polar surface area (TPSA) is 66.6 Å². The second-order valence-electron chi connectivity index (χ2n) is 6.47. The normalized spacial score (nSPS) is 18.2. The van der Waals surface area contributed by atoms with Gasteiger partial charge in [0.2, 0.25) is 0 Å². The second kappa shape index (κ2) is 10.5. The van der Waals surface area contributed by atoms with E-state index >= 15 is 0 Å². The molecule has 0 spiro atoms. The molecule has 1 unspecified atom stereocenters. The minimum atomic E-state index is -0.862. The number of nitrogens with two attached hydrogens (primary N) is 1. The Morgan fingerprint density at radius 1 is 1.38 bits per heavy atom. The lowest BCUT2D eigenvalue weighted by Crippen LogP contribution is -2.44. The number of carbonyl (C=O) groups is 1. The molecule has 0 aromatic carbocycles. The highest BCUT2D eigenvalue weighted by Gasteiger charge is 2.26. The second-order valence-corrected chi connectivity index (χ2v) is 7.62. The van der Waals surface area contributed by atoms with Crippen molar-refractivity contribution in [2.45, 2.75) is 52.1 Å². The van der Waals surface area contributed by atoms with Crippen LogP contribution in [0.5, 0.6) is 0 Å². The first kappa shape index (κ1) is 18.8. The zero-order valence-corrected chi connectivity index (χ0v) is 14.4. The standard InChI is InChI=1S/C16H32N2O2S/c1-13(2)4-3-5-14-6-9-18(10-7-14)16(20)15(19)12-21-11-8-17/h13-15,19H,3-12,17H2,1-2H3. The average Bonchev–Trinajstić information content (AvgIpc) is 2.47. The van der Waals surface area contributed by atoms with Crippen LogP contribution in [0.2, 0.25) is 0 Å². The third kappa shape index (κ3) is 7.52. The fraction of sp³-hybridized carbons (Fsp3) is 0.938. The van der Waals surface area contributed by atoms with Gasteiger partial charge in [0.15, 0.2) is 0 Å². The third-order valence-electron chi connectivity index (χ3n) is 4.14. The number of hydrogen-bond donors (Lipinski definition) is 2. The number of nitrogens with zero attached hydrogens (tertiary/aromatic N) is 1. The van der Waals surface area contributed by atoms with Crippen LogP contribution in [0, 0.1) is 11.8 Å². The number of likely N-dealkylation sites (tertiary alicyclic amines) is 1. The fourth-order valence-corrected chi connectivity index (χ4v) is 3.52. The first-order chi connectivity index (χ1) is 10.0. The quantitative estimate of drug-likeness (QED) is 0.639. The highest BCUT2D eigenvalue weighted by atomic mass is 32.2. The summed E-state index contributed by atoms with van der Waals surface area (Å²) < 4.78 is 0. The molecule has 0 aromatic heterocycles. The average molecular weight is 317 g/mol. The number of thioether (sulfide) groups is 1. The van der Waals surface area contributed by atoms with Crippen LogP contribution in [0.4, 0.5) is 0 Å².